The zero-order valence-corrected chi connectivity index (χ0v) is 37.8. The Hall–Kier alpha value is -6.78. The Morgan fingerprint density at radius 1 is 0.750 bits per heavy atom. The summed E-state index contributed by atoms with van der Waals surface area (Å²) < 4.78 is 112. The van der Waals surface area contributed by atoms with Crippen molar-refractivity contribution in [3.05, 3.63) is 114 Å². The molecule has 10 rings (SSSR count). The molecule has 8 aromatic rings. The number of benzene rings is 1. The van der Waals surface area contributed by atoms with Crippen molar-refractivity contribution < 1.29 is 44.9 Å². The van der Waals surface area contributed by atoms with E-state index in [-0.39, 0.29) is 38.1 Å². The van der Waals surface area contributed by atoms with Gasteiger partial charge in [-0.15, -0.1) is 0 Å². The third-order valence-electron chi connectivity index (χ3n) is 13.9. The summed E-state index contributed by atoms with van der Waals surface area (Å²) in [5.41, 5.74) is 6.66. The van der Waals surface area contributed by atoms with Crippen molar-refractivity contribution in [1.82, 2.24) is 34.4 Å². The molecule has 2 aliphatic carbocycles. The number of pyridine rings is 3. The van der Waals surface area contributed by atoms with Crippen LogP contribution in [0.15, 0.2) is 88.7 Å². The minimum atomic E-state index is -3.14. The molecule has 11 nitrogen and oxygen atoms in total. The van der Waals surface area contributed by atoms with Crippen LogP contribution in [0.25, 0.3) is 66.6 Å². The van der Waals surface area contributed by atoms with Gasteiger partial charge in [0.05, 0.1) is 51.5 Å². The van der Waals surface area contributed by atoms with Gasteiger partial charge in [0.25, 0.3) is 5.92 Å². The predicted molar refractivity (Wildman–Crippen MR) is 241 cm³/mol. The van der Waals surface area contributed by atoms with Crippen LogP contribution in [-0.4, -0.2) is 64.5 Å². The number of rotatable bonds is 11. The molecule has 2 aliphatic rings. The number of carbonyl (C=O) groups is 1. The molecule has 352 valence electrons. The number of aromatic nitrogens is 7. The van der Waals surface area contributed by atoms with E-state index in [1.54, 1.807) is 55.5 Å². The lowest BCUT2D eigenvalue weighted by Gasteiger charge is -2.35. The second-order valence-electron chi connectivity index (χ2n) is 18.6. The Balaban J connectivity index is 0.884. The van der Waals surface area contributed by atoms with Gasteiger partial charge in [-0.05, 0) is 95.2 Å². The van der Waals surface area contributed by atoms with Crippen LogP contribution >= 0.6 is 0 Å². The molecule has 0 spiro atoms. The number of fused-ring (bicyclic) bond motifs is 2. The molecule has 2 saturated carbocycles. The summed E-state index contributed by atoms with van der Waals surface area (Å²) in [6.45, 7) is 6.71. The van der Waals surface area contributed by atoms with E-state index in [9.17, 15) is 13.6 Å². The van der Waals surface area contributed by atoms with Gasteiger partial charge in [0.2, 0.25) is 5.92 Å². The van der Waals surface area contributed by atoms with Crippen molar-refractivity contribution in [2.45, 2.75) is 103 Å². The maximum absolute atomic E-state index is 16.3. The average Bonchev–Trinajstić information content (AvgIpc) is 4.06. The van der Waals surface area contributed by atoms with Gasteiger partial charge in [-0.2, -0.15) is 0 Å². The SMILES string of the molecule is Cc1noc(C)c1-c1cnc2c(-c3cccnc3)cn(CC3CCC(F)(F)C(COC(=O)c4ccc(-c5cn(CC6(F)CCC(F)(F)CC6)c6cc(-c7c(C)noc7C)cnc56)cc4F)C3)c2c1. The molecule has 7 aromatic heterocycles. The first kappa shape index (κ1) is 45.0. The number of hydrogen-bond acceptors (Lipinski definition) is 9. The lowest BCUT2D eigenvalue weighted by Crippen LogP contribution is -2.39. The number of carbonyl (C=O) groups excluding carboxylic acids is 1. The zero-order chi connectivity index (χ0) is 47.7. The molecule has 7 heterocycles. The predicted octanol–water partition coefficient (Wildman–Crippen LogP) is 12.6. The van der Waals surface area contributed by atoms with Crippen LogP contribution in [0, 0.1) is 45.3 Å². The molecule has 17 heteroatoms. The number of nitrogens with zero attached hydrogens (tertiary/aromatic N) is 7. The number of alkyl halides is 5. The topological polar surface area (TPSA) is 127 Å². The first-order chi connectivity index (χ1) is 32.5. The molecule has 2 atom stereocenters. The van der Waals surface area contributed by atoms with Crippen molar-refractivity contribution >= 4 is 28.0 Å². The summed E-state index contributed by atoms with van der Waals surface area (Å²) >= 11 is 0. The summed E-state index contributed by atoms with van der Waals surface area (Å²) in [6.07, 6.45) is 8.35. The van der Waals surface area contributed by atoms with E-state index in [1.165, 1.54) is 12.1 Å². The van der Waals surface area contributed by atoms with E-state index in [0.29, 0.717) is 62.7 Å². The number of halogens is 6. The van der Waals surface area contributed by atoms with E-state index in [0.717, 1.165) is 39.4 Å². The third kappa shape index (κ3) is 8.44. The van der Waals surface area contributed by atoms with Gasteiger partial charge in [0.1, 0.15) is 29.6 Å². The van der Waals surface area contributed by atoms with Crippen molar-refractivity contribution in [2.24, 2.45) is 11.8 Å². The largest absolute Gasteiger partial charge is 0.461 e. The Morgan fingerprint density at radius 3 is 1.96 bits per heavy atom. The molecule has 0 radical (unpaired) electrons. The average molecular weight is 936 g/mol. The zero-order valence-electron chi connectivity index (χ0n) is 37.8. The Kier molecular flexibility index (Phi) is 11.3. The quantitative estimate of drug-likeness (QED) is 0.0920. The van der Waals surface area contributed by atoms with E-state index in [2.05, 4.69) is 20.3 Å². The fourth-order valence-electron chi connectivity index (χ4n) is 10.2. The third-order valence-corrected chi connectivity index (χ3v) is 13.9. The Labute approximate surface area is 386 Å². The number of hydrogen-bond donors (Lipinski definition) is 0. The highest BCUT2D eigenvalue weighted by Crippen LogP contribution is 2.45. The summed E-state index contributed by atoms with van der Waals surface area (Å²) in [5.74, 6) is -8.51. The molecule has 1 aromatic carbocycles. The Morgan fingerprint density at radius 2 is 1.37 bits per heavy atom. The molecule has 0 amide bonds. The maximum atomic E-state index is 16.3. The minimum Gasteiger partial charge on any atom is -0.461 e. The normalized spacial score (nSPS) is 18.9. The van der Waals surface area contributed by atoms with E-state index < -0.39 is 66.7 Å². The molecule has 0 aliphatic heterocycles. The van der Waals surface area contributed by atoms with Crippen molar-refractivity contribution in [3.63, 3.8) is 0 Å². The molecule has 0 N–H and O–H groups in total. The van der Waals surface area contributed by atoms with Crippen LogP contribution < -0.4 is 0 Å². The summed E-state index contributed by atoms with van der Waals surface area (Å²) in [7, 11) is 0. The second-order valence-corrected chi connectivity index (χ2v) is 18.6. The molecular weight excluding hydrogens is 889 g/mol. The molecule has 68 heavy (non-hydrogen) atoms. The highest BCUT2D eigenvalue weighted by molar-refractivity contribution is 5.97. The Bertz CT molecular complexity index is 3160. The van der Waals surface area contributed by atoms with E-state index >= 15 is 17.6 Å². The highest BCUT2D eigenvalue weighted by atomic mass is 19.3. The van der Waals surface area contributed by atoms with Gasteiger partial charge >= 0.3 is 5.97 Å². The first-order valence-electron chi connectivity index (χ1n) is 22.6. The van der Waals surface area contributed by atoms with Crippen molar-refractivity contribution in [2.75, 3.05) is 6.61 Å². The first-order valence-corrected chi connectivity index (χ1v) is 22.6. The van der Waals surface area contributed by atoms with Crippen LogP contribution in [-0.2, 0) is 17.8 Å². The number of esters is 1. The fraction of sp³-hybridized carbons (Fsp3) is 0.373. The lowest BCUT2D eigenvalue weighted by molar-refractivity contribution is -0.116. The summed E-state index contributed by atoms with van der Waals surface area (Å²) in [4.78, 5) is 27.3. The van der Waals surface area contributed by atoms with Gasteiger partial charge in [-0.25, -0.2) is 31.1 Å². The number of aryl methyl sites for hydroxylation is 4. The summed E-state index contributed by atoms with van der Waals surface area (Å²) in [6, 6.07) is 11.4. The van der Waals surface area contributed by atoms with Crippen LogP contribution in [0.5, 0.6) is 0 Å². The van der Waals surface area contributed by atoms with Crippen LogP contribution in [0.1, 0.15) is 78.2 Å². The smallest absolute Gasteiger partial charge is 0.341 e. The van der Waals surface area contributed by atoms with Crippen LogP contribution in [0.2, 0.25) is 0 Å². The molecule has 2 fully saturated rings. The standard InChI is InChI=1S/C51H47F6N7O4/c1-28-44(30(3)67-61-28)35-18-42-47(60-21-35)40(34-6-5-15-58-20-34)24-63(42)23-32-9-10-51(56,57)37(16-32)26-66-48(65)38-8-7-33(17-41(38)52)39-25-64(27-49(53)11-13-50(54,55)14-12-49)43-19-36(22-59-46(39)43)45-29(2)62-68-31(45)4/h5-8,15,17-22,24-25,32,37H,9-14,16,23,26-27H2,1-4H3. The van der Waals surface area contributed by atoms with Gasteiger partial charge in [-0.3, -0.25) is 15.0 Å². The van der Waals surface area contributed by atoms with Gasteiger partial charge in [0, 0.05) is 102 Å². The fourth-order valence-corrected chi connectivity index (χ4v) is 10.2. The van der Waals surface area contributed by atoms with Crippen molar-refractivity contribution in [1.29, 1.82) is 0 Å². The van der Waals surface area contributed by atoms with Crippen LogP contribution in [0.4, 0.5) is 26.3 Å². The molecule has 2 unspecified atom stereocenters. The monoisotopic (exact) mass is 935 g/mol. The van der Waals surface area contributed by atoms with E-state index in [4.69, 9.17) is 18.8 Å². The van der Waals surface area contributed by atoms with Gasteiger partial charge in [-0.1, -0.05) is 22.4 Å². The number of ether oxygens (including phenoxy) is 1. The summed E-state index contributed by atoms with van der Waals surface area (Å²) in [5, 5.41) is 8.13. The van der Waals surface area contributed by atoms with Gasteiger partial charge < -0.3 is 22.9 Å². The van der Waals surface area contributed by atoms with Crippen LogP contribution in [0.3, 0.4) is 0 Å². The molecule has 0 bridgehead atoms. The molecular formula is C51H47F6N7O4. The second kappa shape index (κ2) is 17.1. The maximum Gasteiger partial charge on any atom is 0.341 e. The highest BCUT2D eigenvalue weighted by Gasteiger charge is 2.46. The minimum absolute atomic E-state index is 0.0399. The lowest BCUT2D eigenvalue weighted by atomic mass is 9.79. The van der Waals surface area contributed by atoms with E-state index in [1.807, 2.05) is 42.8 Å². The van der Waals surface area contributed by atoms with Gasteiger partial charge in [0.15, 0.2) is 0 Å². The van der Waals surface area contributed by atoms with Crippen molar-refractivity contribution in [3.8, 4) is 44.5 Å². The molecule has 0 saturated heterocycles.